The van der Waals surface area contributed by atoms with Gasteiger partial charge in [-0.25, -0.2) is 0 Å². The molecule has 3 rings (SSSR count). The Morgan fingerprint density at radius 3 is 2.52 bits per heavy atom. The molecule has 0 saturated carbocycles. The van der Waals surface area contributed by atoms with Crippen LogP contribution in [0.2, 0.25) is 0 Å². The van der Waals surface area contributed by atoms with E-state index in [2.05, 4.69) is 4.90 Å². The maximum absolute atomic E-state index is 11.9. The summed E-state index contributed by atoms with van der Waals surface area (Å²) < 4.78 is 0. The molecule has 138 valence electrons. The second-order valence-corrected chi connectivity index (χ2v) is 7.98. The van der Waals surface area contributed by atoms with Crippen LogP contribution in [-0.4, -0.2) is 45.5 Å². The molecule has 1 saturated heterocycles. The maximum Gasteiger partial charge on any atom is 0.224 e. The second-order valence-electron chi connectivity index (χ2n) is 7.98. The van der Waals surface area contributed by atoms with E-state index < -0.39 is 16.8 Å². The van der Waals surface area contributed by atoms with Crippen molar-refractivity contribution in [1.82, 2.24) is 4.90 Å². The molecular weight excluding hydrogens is 318 g/mol. The topological polar surface area (TPSA) is 81.0 Å². The molecule has 0 spiro atoms. The molecule has 5 nitrogen and oxygen atoms in total. The van der Waals surface area contributed by atoms with E-state index in [1.807, 2.05) is 13.8 Å². The molecule has 1 aliphatic heterocycles. The summed E-state index contributed by atoms with van der Waals surface area (Å²) in [5.74, 6) is -0.787. The van der Waals surface area contributed by atoms with Crippen LogP contribution in [0.4, 0.5) is 0 Å². The smallest absolute Gasteiger partial charge is 0.224 e. The van der Waals surface area contributed by atoms with Crippen LogP contribution in [0.15, 0.2) is 10.9 Å². The number of aliphatic hydroxyl groups is 1. The van der Waals surface area contributed by atoms with Crippen LogP contribution in [0.1, 0.15) is 49.3 Å². The molecule has 0 unspecified atom stereocenters. The number of aromatic hydroxyl groups is 2. The first-order valence-corrected chi connectivity index (χ1v) is 9.32. The largest absolute Gasteiger partial charge is 0.504 e. The Bertz CT molecular complexity index is 708. The third kappa shape index (κ3) is 3.67. The van der Waals surface area contributed by atoms with Crippen molar-refractivity contribution in [1.29, 1.82) is 0 Å². The summed E-state index contributed by atoms with van der Waals surface area (Å²) in [6.07, 6.45) is 5.56. The molecular formula is C20H29NO4. The minimum atomic E-state index is -0.812. The average Bonchev–Trinajstić information content (AvgIpc) is 2.67. The first-order chi connectivity index (χ1) is 11.8. The molecule has 1 aromatic carbocycles. The maximum atomic E-state index is 11.9. The minimum absolute atomic E-state index is 0.0691. The lowest BCUT2D eigenvalue weighted by Crippen LogP contribution is -2.49. The molecule has 1 heterocycles. The van der Waals surface area contributed by atoms with Gasteiger partial charge in [0.2, 0.25) is 11.2 Å². The van der Waals surface area contributed by atoms with Gasteiger partial charge in [0, 0.05) is 12.1 Å². The lowest BCUT2D eigenvalue weighted by atomic mass is 9.74. The first kappa shape index (κ1) is 18.2. The van der Waals surface area contributed by atoms with Gasteiger partial charge in [-0.1, -0.05) is 6.42 Å². The van der Waals surface area contributed by atoms with Gasteiger partial charge in [-0.3, -0.25) is 4.79 Å². The standard InChI is InChI=1S/C20H29NO4/c1-13-10-17(22)19(24)18(23)15-7-6-14(11-16(13)15)20(2,25)12-21-8-4-3-5-9-21/h10,14,25H,3-9,11-12H2,1-2H3,(H2,22,23,24)/t14-,20-/m1/s1. The van der Waals surface area contributed by atoms with Gasteiger partial charge in [0.25, 0.3) is 0 Å². The molecule has 0 aromatic heterocycles. The summed E-state index contributed by atoms with van der Waals surface area (Å²) in [5, 5.41) is 31.2. The molecule has 2 aliphatic rings. The molecule has 0 amide bonds. The average molecular weight is 347 g/mol. The van der Waals surface area contributed by atoms with Crippen molar-refractivity contribution in [2.75, 3.05) is 19.6 Å². The Hall–Kier alpha value is -1.59. The highest BCUT2D eigenvalue weighted by molar-refractivity contribution is 5.51. The van der Waals surface area contributed by atoms with E-state index in [0.29, 0.717) is 24.9 Å². The zero-order valence-corrected chi connectivity index (χ0v) is 15.2. The molecule has 1 aromatic rings. The Morgan fingerprint density at radius 1 is 1.16 bits per heavy atom. The number of fused-ring (bicyclic) bond motifs is 1. The minimum Gasteiger partial charge on any atom is -0.504 e. The van der Waals surface area contributed by atoms with E-state index in [-0.39, 0.29) is 11.7 Å². The fourth-order valence-corrected chi connectivity index (χ4v) is 4.44. The molecule has 3 N–H and O–H groups in total. The Morgan fingerprint density at radius 2 is 1.84 bits per heavy atom. The molecule has 0 radical (unpaired) electrons. The van der Waals surface area contributed by atoms with Crippen molar-refractivity contribution in [3.05, 3.63) is 33.0 Å². The van der Waals surface area contributed by atoms with Crippen LogP contribution < -0.4 is 5.43 Å². The molecule has 25 heavy (non-hydrogen) atoms. The summed E-state index contributed by atoms with van der Waals surface area (Å²) in [6, 6.07) is 1.38. The second kappa shape index (κ2) is 6.96. The normalized spacial score (nSPS) is 23.7. The van der Waals surface area contributed by atoms with E-state index >= 15 is 0 Å². The van der Waals surface area contributed by atoms with Crippen LogP contribution in [0, 0.1) is 12.8 Å². The van der Waals surface area contributed by atoms with Crippen molar-refractivity contribution in [2.45, 2.75) is 58.0 Å². The number of piperidine rings is 1. The van der Waals surface area contributed by atoms with Crippen molar-refractivity contribution in [3.63, 3.8) is 0 Å². The molecule has 1 aliphatic carbocycles. The van der Waals surface area contributed by atoms with Gasteiger partial charge in [-0.05, 0) is 82.2 Å². The number of rotatable bonds is 3. The third-order valence-corrected chi connectivity index (χ3v) is 6.00. The van der Waals surface area contributed by atoms with Gasteiger partial charge in [0.15, 0.2) is 5.75 Å². The first-order valence-electron chi connectivity index (χ1n) is 9.32. The van der Waals surface area contributed by atoms with Crippen LogP contribution in [-0.2, 0) is 12.8 Å². The number of hydrogen-bond donors (Lipinski definition) is 3. The molecule has 5 heteroatoms. The Labute approximate surface area is 148 Å². The van der Waals surface area contributed by atoms with Gasteiger partial charge < -0.3 is 20.2 Å². The van der Waals surface area contributed by atoms with E-state index in [1.165, 1.54) is 25.3 Å². The van der Waals surface area contributed by atoms with Crippen molar-refractivity contribution in [2.24, 2.45) is 5.92 Å². The predicted molar refractivity (Wildman–Crippen MR) is 97.2 cm³/mol. The highest BCUT2D eigenvalue weighted by atomic mass is 16.3. The molecule has 1 fully saturated rings. The Kier molecular flexibility index (Phi) is 5.07. The van der Waals surface area contributed by atoms with Gasteiger partial charge in [-0.2, -0.15) is 0 Å². The zero-order chi connectivity index (χ0) is 18.2. The number of aryl methyl sites for hydroxylation is 1. The summed E-state index contributed by atoms with van der Waals surface area (Å²) in [4.78, 5) is 14.2. The fraction of sp³-hybridized carbons (Fsp3) is 0.650. The summed E-state index contributed by atoms with van der Waals surface area (Å²) in [5.41, 5.74) is 0.954. The van der Waals surface area contributed by atoms with Crippen LogP contribution >= 0.6 is 0 Å². The lowest BCUT2D eigenvalue weighted by molar-refractivity contribution is -0.0387. The van der Waals surface area contributed by atoms with Crippen molar-refractivity contribution < 1.29 is 15.3 Å². The summed E-state index contributed by atoms with van der Waals surface area (Å²) >= 11 is 0. The van der Waals surface area contributed by atoms with Crippen molar-refractivity contribution >= 4 is 0 Å². The van der Waals surface area contributed by atoms with Crippen LogP contribution in [0.3, 0.4) is 0 Å². The molecule has 2 atom stereocenters. The fourth-order valence-electron chi connectivity index (χ4n) is 4.44. The van der Waals surface area contributed by atoms with Gasteiger partial charge in [0.1, 0.15) is 0 Å². The van der Waals surface area contributed by atoms with Gasteiger partial charge in [-0.15, -0.1) is 0 Å². The van der Waals surface area contributed by atoms with E-state index in [4.69, 9.17) is 0 Å². The van der Waals surface area contributed by atoms with Gasteiger partial charge >= 0.3 is 0 Å². The number of β-amino-alcohol motifs (C(OH)–C–C–N with tert-alkyl or cyclic N) is 1. The third-order valence-electron chi connectivity index (χ3n) is 6.00. The highest BCUT2D eigenvalue weighted by Gasteiger charge is 2.37. The number of nitrogens with zero attached hydrogens (tertiary/aromatic N) is 1. The number of likely N-dealkylation sites (tertiary alicyclic amines) is 1. The van der Waals surface area contributed by atoms with E-state index in [1.54, 1.807) is 0 Å². The quantitative estimate of drug-likeness (QED) is 0.780. The molecule has 0 bridgehead atoms. The number of hydrogen-bond acceptors (Lipinski definition) is 5. The summed E-state index contributed by atoms with van der Waals surface area (Å²) in [7, 11) is 0. The highest BCUT2D eigenvalue weighted by Crippen LogP contribution is 2.39. The SMILES string of the molecule is Cc1cc(=O)c(O)c(O)c2c1C[C@H]([C@](C)(O)CN1CCCCC1)CC2. The van der Waals surface area contributed by atoms with E-state index in [0.717, 1.165) is 30.6 Å². The monoisotopic (exact) mass is 347 g/mol. The van der Waals surface area contributed by atoms with Crippen LogP contribution in [0.5, 0.6) is 11.5 Å². The summed E-state index contributed by atoms with van der Waals surface area (Å²) in [6.45, 7) is 6.49. The lowest BCUT2D eigenvalue weighted by Gasteiger charge is -2.41. The van der Waals surface area contributed by atoms with Gasteiger partial charge in [0.05, 0.1) is 5.60 Å². The van der Waals surface area contributed by atoms with Crippen LogP contribution in [0.25, 0.3) is 0 Å². The predicted octanol–water partition coefficient (Wildman–Crippen LogP) is 2.11. The van der Waals surface area contributed by atoms with E-state index in [9.17, 15) is 20.1 Å². The Balaban J connectivity index is 1.86. The zero-order valence-electron chi connectivity index (χ0n) is 15.2. The van der Waals surface area contributed by atoms with Crippen molar-refractivity contribution in [3.8, 4) is 11.5 Å².